The number of nitrogens with zero attached hydrogens (tertiary/aromatic N) is 4. The summed E-state index contributed by atoms with van der Waals surface area (Å²) < 4.78 is 1.91. The average molecular weight is 260 g/mol. The molecule has 0 aliphatic rings. The lowest BCUT2D eigenvalue weighted by atomic mass is 10.3. The van der Waals surface area contributed by atoms with Crippen molar-refractivity contribution in [1.29, 1.82) is 0 Å². The maximum absolute atomic E-state index is 11.1. The van der Waals surface area contributed by atoms with Crippen molar-refractivity contribution >= 4 is 17.4 Å². The van der Waals surface area contributed by atoms with Crippen LogP contribution in [0.4, 0.5) is 11.5 Å². The number of hydrogen-bond acceptors (Lipinski definition) is 5. The number of primary amides is 1. The number of nitrogen functional groups attached to an aromatic ring is 1. The Balaban J connectivity index is 2.28. The van der Waals surface area contributed by atoms with Gasteiger partial charge >= 0.3 is 0 Å². The minimum absolute atomic E-state index is 0.191. The summed E-state index contributed by atoms with van der Waals surface area (Å²) in [6.45, 7) is 0.531. The Morgan fingerprint density at radius 1 is 1.47 bits per heavy atom. The van der Waals surface area contributed by atoms with E-state index in [1.165, 1.54) is 6.07 Å². The zero-order valence-electron chi connectivity index (χ0n) is 10.9. The lowest BCUT2D eigenvalue weighted by Gasteiger charge is -2.19. The molecule has 0 bridgehead atoms. The van der Waals surface area contributed by atoms with Crippen molar-refractivity contribution in [3.05, 3.63) is 36.0 Å². The van der Waals surface area contributed by atoms with E-state index < -0.39 is 5.91 Å². The van der Waals surface area contributed by atoms with E-state index in [0.29, 0.717) is 18.1 Å². The van der Waals surface area contributed by atoms with Gasteiger partial charge in [-0.2, -0.15) is 0 Å². The van der Waals surface area contributed by atoms with Crippen LogP contribution in [0.2, 0.25) is 0 Å². The molecule has 19 heavy (non-hydrogen) atoms. The van der Waals surface area contributed by atoms with Crippen LogP contribution >= 0.6 is 0 Å². The molecule has 0 saturated heterocycles. The largest absolute Gasteiger partial charge is 0.396 e. The molecule has 4 N–H and O–H groups in total. The Hall–Kier alpha value is -2.57. The molecule has 2 aromatic heterocycles. The summed E-state index contributed by atoms with van der Waals surface area (Å²) >= 11 is 0. The first-order valence-corrected chi connectivity index (χ1v) is 5.72. The van der Waals surface area contributed by atoms with Crippen molar-refractivity contribution in [3.8, 4) is 0 Å². The second kappa shape index (κ2) is 4.97. The highest BCUT2D eigenvalue weighted by atomic mass is 16.1. The van der Waals surface area contributed by atoms with Gasteiger partial charge in [0.2, 0.25) is 0 Å². The van der Waals surface area contributed by atoms with E-state index in [2.05, 4.69) is 9.97 Å². The monoisotopic (exact) mass is 260 g/mol. The molecule has 0 radical (unpaired) electrons. The summed E-state index contributed by atoms with van der Waals surface area (Å²) in [7, 11) is 3.74. The summed E-state index contributed by atoms with van der Waals surface area (Å²) in [6.07, 6.45) is 3.58. The van der Waals surface area contributed by atoms with Crippen LogP contribution in [0.15, 0.2) is 24.5 Å². The molecular formula is C12H16N6O. The molecule has 1 amide bonds. The molecule has 7 heteroatoms. The highest BCUT2D eigenvalue weighted by Gasteiger charge is 2.13. The molecule has 0 spiro atoms. The third kappa shape index (κ3) is 2.65. The smallest absolute Gasteiger partial charge is 0.267 e. The van der Waals surface area contributed by atoms with Gasteiger partial charge in [-0.15, -0.1) is 0 Å². The van der Waals surface area contributed by atoms with Crippen molar-refractivity contribution < 1.29 is 4.79 Å². The number of aromatic nitrogens is 3. The van der Waals surface area contributed by atoms with Crippen LogP contribution in [0.5, 0.6) is 0 Å². The first-order chi connectivity index (χ1) is 8.99. The van der Waals surface area contributed by atoms with Crippen LogP contribution in [0.3, 0.4) is 0 Å². The van der Waals surface area contributed by atoms with Gasteiger partial charge in [0.15, 0.2) is 5.82 Å². The molecule has 0 aliphatic heterocycles. The summed E-state index contributed by atoms with van der Waals surface area (Å²) in [4.78, 5) is 21.4. The first-order valence-electron chi connectivity index (χ1n) is 5.72. The number of anilines is 2. The third-order valence-electron chi connectivity index (χ3n) is 2.82. The SMILES string of the molecule is CN(Cc1nccn1C)c1nc(C(N)=O)ccc1N. The third-order valence-corrected chi connectivity index (χ3v) is 2.82. The maximum Gasteiger partial charge on any atom is 0.267 e. The summed E-state index contributed by atoms with van der Waals surface area (Å²) in [6, 6.07) is 3.13. The number of rotatable bonds is 4. The van der Waals surface area contributed by atoms with Crippen LogP contribution in [0, 0.1) is 0 Å². The molecule has 2 heterocycles. The Kier molecular flexibility index (Phi) is 3.37. The van der Waals surface area contributed by atoms with E-state index in [0.717, 1.165) is 5.82 Å². The fourth-order valence-electron chi connectivity index (χ4n) is 1.74. The van der Waals surface area contributed by atoms with Crippen LogP contribution in [0.1, 0.15) is 16.3 Å². The Bertz CT molecular complexity index is 606. The topological polar surface area (TPSA) is 103 Å². The van der Waals surface area contributed by atoms with Crippen LogP contribution in [0.25, 0.3) is 0 Å². The molecule has 0 atom stereocenters. The molecule has 0 saturated carbocycles. The molecule has 0 fully saturated rings. The highest BCUT2D eigenvalue weighted by Crippen LogP contribution is 2.20. The van der Waals surface area contributed by atoms with Gasteiger partial charge in [-0.25, -0.2) is 9.97 Å². The maximum atomic E-state index is 11.1. The van der Waals surface area contributed by atoms with Gasteiger partial charge in [-0.05, 0) is 12.1 Å². The number of carbonyl (C=O) groups is 1. The minimum atomic E-state index is -0.577. The van der Waals surface area contributed by atoms with Gasteiger partial charge in [0.25, 0.3) is 5.91 Å². The second-order valence-electron chi connectivity index (χ2n) is 4.28. The number of hydrogen-bond donors (Lipinski definition) is 2. The highest BCUT2D eigenvalue weighted by molar-refractivity contribution is 5.91. The molecular weight excluding hydrogens is 244 g/mol. The van der Waals surface area contributed by atoms with Crippen molar-refractivity contribution in [2.75, 3.05) is 17.7 Å². The molecule has 0 aromatic carbocycles. The zero-order chi connectivity index (χ0) is 14.0. The summed E-state index contributed by atoms with van der Waals surface area (Å²) in [5.74, 6) is 0.805. The van der Waals surface area contributed by atoms with Crippen molar-refractivity contribution in [2.45, 2.75) is 6.54 Å². The molecule has 0 aliphatic carbocycles. The van der Waals surface area contributed by atoms with Gasteiger partial charge in [0.05, 0.1) is 12.2 Å². The van der Waals surface area contributed by atoms with E-state index in [9.17, 15) is 4.79 Å². The standard InChI is InChI=1S/C12H16N6O/c1-17-6-5-15-10(17)7-18(2)12-8(13)3-4-9(16-12)11(14)19/h3-6H,7,13H2,1-2H3,(H2,14,19). The number of nitrogens with two attached hydrogens (primary N) is 2. The van der Waals surface area contributed by atoms with Gasteiger partial charge in [0, 0.05) is 26.5 Å². The van der Waals surface area contributed by atoms with Crippen LogP contribution in [-0.4, -0.2) is 27.5 Å². The Morgan fingerprint density at radius 3 is 2.79 bits per heavy atom. The van der Waals surface area contributed by atoms with E-state index in [1.54, 1.807) is 12.3 Å². The normalized spacial score (nSPS) is 10.4. The van der Waals surface area contributed by atoms with Crippen LogP contribution in [-0.2, 0) is 13.6 Å². The fourth-order valence-corrected chi connectivity index (χ4v) is 1.74. The Morgan fingerprint density at radius 2 is 2.21 bits per heavy atom. The molecule has 2 aromatic rings. The van der Waals surface area contributed by atoms with Gasteiger partial charge in [0.1, 0.15) is 11.5 Å². The lowest BCUT2D eigenvalue weighted by molar-refractivity contribution is 0.0995. The summed E-state index contributed by atoms with van der Waals surface area (Å²) in [5.41, 5.74) is 11.8. The molecule has 2 rings (SSSR count). The molecule has 7 nitrogen and oxygen atoms in total. The predicted molar refractivity (Wildman–Crippen MR) is 72.5 cm³/mol. The Labute approximate surface area is 110 Å². The van der Waals surface area contributed by atoms with Crippen molar-refractivity contribution in [3.63, 3.8) is 0 Å². The fraction of sp³-hybridized carbons (Fsp3) is 0.250. The lowest BCUT2D eigenvalue weighted by Crippen LogP contribution is -2.23. The molecule has 100 valence electrons. The van der Waals surface area contributed by atoms with E-state index >= 15 is 0 Å². The summed E-state index contributed by atoms with van der Waals surface area (Å²) in [5, 5.41) is 0. The van der Waals surface area contributed by atoms with Gasteiger partial charge in [-0.3, -0.25) is 4.79 Å². The second-order valence-corrected chi connectivity index (χ2v) is 4.28. The number of carbonyl (C=O) groups excluding carboxylic acids is 1. The zero-order valence-corrected chi connectivity index (χ0v) is 10.9. The van der Waals surface area contributed by atoms with E-state index in [4.69, 9.17) is 11.5 Å². The quantitative estimate of drug-likeness (QED) is 0.813. The minimum Gasteiger partial charge on any atom is -0.396 e. The number of imidazole rings is 1. The van der Waals surface area contributed by atoms with Crippen molar-refractivity contribution in [1.82, 2.24) is 14.5 Å². The number of aryl methyl sites for hydroxylation is 1. The predicted octanol–water partition coefficient (Wildman–Crippen LogP) is 0.133. The van der Waals surface area contributed by atoms with Gasteiger partial charge < -0.3 is 20.9 Å². The van der Waals surface area contributed by atoms with E-state index in [1.807, 2.05) is 29.8 Å². The average Bonchev–Trinajstić information content (AvgIpc) is 2.75. The van der Waals surface area contributed by atoms with Gasteiger partial charge in [-0.1, -0.05) is 0 Å². The van der Waals surface area contributed by atoms with Crippen LogP contribution < -0.4 is 16.4 Å². The first kappa shape index (κ1) is 12.9. The number of pyridine rings is 1. The number of amides is 1. The molecule has 0 unspecified atom stereocenters. The van der Waals surface area contributed by atoms with E-state index in [-0.39, 0.29) is 5.69 Å². The van der Waals surface area contributed by atoms with Crippen molar-refractivity contribution in [2.24, 2.45) is 12.8 Å².